The molecule has 0 aliphatic carbocycles. The molecule has 0 heterocycles. The van der Waals surface area contributed by atoms with Crippen LogP contribution in [0.15, 0.2) is 42.5 Å². The molecule has 2 amide bonds. The van der Waals surface area contributed by atoms with E-state index in [9.17, 15) is 13.6 Å². The molecular formula is C13H10F2N2O2. The van der Waals surface area contributed by atoms with Gasteiger partial charge in [0.25, 0.3) is 0 Å². The molecule has 6 heteroatoms. The lowest BCUT2D eigenvalue weighted by atomic mass is 10.2. The van der Waals surface area contributed by atoms with Gasteiger partial charge in [0.15, 0.2) is 17.4 Å². The van der Waals surface area contributed by atoms with Crippen molar-refractivity contribution in [3.05, 3.63) is 54.1 Å². The highest BCUT2D eigenvalue weighted by Crippen LogP contribution is 2.24. The Morgan fingerprint density at radius 1 is 0.947 bits per heavy atom. The van der Waals surface area contributed by atoms with E-state index in [2.05, 4.69) is 10.6 Å². The Balaban J connectivity index is 2.07. The third-order valence-electron chi connectivity index (χ3n) is 2.31. The fraction of sp³-hybridized carbons (Fsp3) is 0. The van der Waals surface area contributed by atoms with Gasteiger partial charge in [0, 0.05) is 23.5 Å². The lowest BCUT2D eigenvalue weighted by Gasteiger charge is -2.08. The fourth-order valence-electron chi connectivity index (χ4n) is 1.45. The van der Waals surface area contributed by atoms with Crippen molar-refractivity contribution in [3.63, 3.8) is 0 Å². The molecule has 0 aliphatic rings. The first-order valence-electron chi connectivity index (χ1n) is 5.37. The molecule has 0 unspecified atom stereocenters. The highest BCUT2D eigenvalue weighted by molar-refractivity contribution is 5.99. The summed E-state index contributed by atoms with van der Waals surface area (Å²) in [5, 5.41) is 13.7. The largest absolute Gasteiger partial charge is 0.503 e. The van der Waals surface area contributed by atoms with Crippen LogP contribution in [0.4, 0.5) is 25.0 Å². The van der Waals surface area contributed by atoms with Gasteiger partial charge >= 0.3 is 6.03 Å². The highest BCUT2D eigenvalue weighted by atomic mass is 19.1. The van der Waals surface area contributed by atoms with Crippen LogP contribution in [0.1, 0.15) is 0 Å². The van der Waals surface area contributed by atoms with Crippen LogP contribution in [0.25, 0.3) is 0 Å². The van der Waals surface area contributed by atoms with Crippen molar-refractivity contribution in [3.8, 4) is 5.75 Å². The predicted molar refractivity (Wildman–Crippen MR) is 67.1 cm³/mol. The van der Waals surface area contributed by atoms with E-state index in [1.165, 1.54) is 0 Å². The van der Waals surface area contributed by atoms with Gasteiger partial charge in [-0.1, -0.05) is 18.2 Å². The number of urea groups is 1. The van der Waals surface area contributed by atoms with E-state index in [-0.39, 0.29) is 5.69 Å². The summed E-state index contributed by atoms with van der Waals surface area (Å²) in [5.74, 6) is -3.36. The molecular weight excluding hydrogens is 254 g/mol. The minimum atomic E-state index is -1.14. The molecule has 0 atom stereocenters. The normalized spacial score (nSPS) is 10.0. The Morgan fingerprint density at radius 3 is 2.05 bits per heavy atom. The van der Waals surface area contributed by atoms with E-state index in [1.807, 2.05) is 0 Å². The molecule has 4 nitrogen and oxygen atoms in total. The molecule has 2 aromatic carbocycles. The maximum Gasteiger partial charge on any atom is 0.323 e. The van der Waals surface area contributed by atoms with Crippen LogP contribution in [0.5, 0.6) is 5.75 Å². The molecule has 0 radical (unpaired) electrons. The molecule has 2 aromatic rings. The summed E-state index contributed by atoms with van der Waals surface area (Å²) >= 11 is 0. The standard InChI is InChI=1S/C13H10F2N2O2/c14-10-6-9(7-11(15)12(10)18)17-13(19)16-8-4-2-1-3-5-8/h1-7,18H,(H2,16,17,19). The predicted octanol–water partition coefficient (Wildman–Crippen LogP) is 3.31. The van der Waals surface area contributed by atoms with Gasteiger partial charge in [-0.15, -0.1) is 0 Å². The second-order valence-electron chi connectivity index (χ2n) is 3.73. The van der Waals surface area contributed by atoms with Gasteiger partial charge < -0.3 is 15.7 Å². The van der Waals surface area contributed by atoms with Crippen LogP contribution in [0, 0.1) is 11.6 Å². The monoisotopic (exact) mass is 264 g/mol. The number of hydrogen-bond acceptors (Lipinski definition) is 2. The molecule has 0 fully saturated rings. The van der Waals surface area contributed by atoms with Crippen molar-refractivity contribution in [2.45, 2.75) is 0 Å². The zero-order chi connectivity index (χ0) is 13.8. The number of hydrogen-bond donors (Lipinski definition) is 3. The Kier molecular flexibility index (Phi) is 3.61. The summed E-state index contributed by atoms with van der Waals surface area (Å²) in [7, 11) is 0. The zero-order valence-corrected chi connectivity index (χ0v) is 9.65. The minimum Gasteiger partial charge on any atom is -0.503 e. The summed E-state index contributed by atoms with van der Waals surface area (Å²) in [6.45, 7) is 0. The van der Waals surface area contributed by atoms with Crippen molar-refractivity contribution in [1.29, 1.82) is 0 Å². The third kappa shape index (κ3) is 3.19. The summed E-state index contributed by atoms with van der Waals surface area (Å²) in [6.07, 6.45) is 0. The van der Waals surface area contributed by atoms with E-state index in [0.717, 1.165) is 12.1 Å². The Bertz CT molecular complexity index is 580. The first-order chi connectivity index (χ1) is 9.06. The van der Waals surface area contributed by atoms with Gasteiger partial charge in [-0.05, 0) is 12.1 Å². The van der Waals surface area contributed by atoms with E-state index in [4.69, 9.17) is 5.11 Å². The maximum absolute atomic E-state index is 13.1. The molecule has 3 N–H and O–H groups in total. The first kappa shape index (κ1) is 12.8. The SMILES string of the molecule is O=C(Nc1ccccc1)Nc1cc(F)c(O)c(F)c1. The van der Waals surface area contributed by atoms with Crippen LogP contribution < -0.4 is 10.6 Å². The van der Waals surface area contributed by atoms with Crippen molar-refractivity contribution >= 4 is 17.4 Å². The highest BCUT2D eigenvalue weighted by Gasteiger charge is 2.11. The van der Waals surface area contributed by atoms with Gasteiger partial charge in [0.1, 0.15) is 0 Å². The van der Waals surface area contributed by atoms with Gasteiger partial charge in [-0.2, -0.15) is 0 Å². The minimum absolute atomic E-state index is 0.0961. The Labute approximate surface area is 107 Å². The third-order valence-corrected chi connectivity index (χ3v) is 2.31. The number of nitrogens with one attached hydrogen (secondary N) is 2. The summed E-state index contributed by atoms with van der Waals surface area (Å²) in [6, 6.07) is 9.58. The average molecular weight is 264 g/mol. The van der Waals surface area contributed by atoms with Gasteiger partial charge in [-0.3, -0.25) is 0 Å². The van der Waals surface area contributed by atoms with Crippen molar-refractivity contribution < 1.29 is 18.7 Å². The average Bonchev–Trinajstić information content (AvgIpc) is 2.37. The lowest BCUT2D eigenvalue weighted by Crippen LogP contribution is -2.19. The number of para-hydroxylation sites is 1. The summed E-state index contributed by atoms with van der Waals surface area (Å²) in [5.41, 5.74) is 0.445. The van der Waals surface area contributed by atoms with E-state index in [1.54, 1.807) is 30.3 Å². The molecule has 0 saturated heterocycles. The molecule has 0 spiro atoms. The second kappa shape index (κ2) is 5.34. The number of carbonyl (C=O) groups excluding carboxylic acids is 1. The van der Waals surface area contributed by atoms with Crippen molar-refractivity contribution in [2.75, 3.05) is 10.6 Å². The molecule has 98 valence electrons. The zero-order valence-electron chi connectivity index (χ0n) is 9.65. The summed E-state index contributed by atoms with van der Waals surface area (Å²) < 4.78 is 26.1. The van der Waals surface area contributed by atoms with Crippen LogP contribution in [0.2, 0.25) is 0 Å². The number of phenolic OH excluding ortho intramolecular Hbond substituents is 1. The maximum atomic E-state index is 13.1. The number of aromatic hydroxyl groups is 1. The number of carbonyl (C=O) groups is 1. The molecule has 0 aliphatic heterocycles. The molecule has 0 saturated carbocycles. The lowest BCUT2D eigenvalue weighted by molar-refractivity contribution is 0.262. The molecule has 0 aromatic heterocycles. The fourth-order valence-corrected chi connectivity index (χ4v) is 1.45. The van der Waals surface area contributed by atoms with Crippen LogP contribution in [-0.2, 0) is 0 Å². The Morgan fingerprint density at radius 2 is 1.47 bits per heavy atom. The number of halogens is 2. The summed E-state index contributed by atoms with van der Waals surface area (Å²) in [4.78, 5) is 11.6. The van der Waals surface area contributed by atoms with Crippen molar-refractivity contribution in [2.24, 2.45) is 0 Å². The van der Waals surface area contributed by atoms with E-state index in [0.29, 0.717) is 5.69 Å². The number of benzene rings is 2. The van der Waals surface area contributed by atoms with Gasteiger partial charge in [-0.25, -0.2) is 13.6 Å². The number of anilines is 2. The molecule has 2 rings (SSSR count). The smallest absolute Gasteiger partial charge is 0.323 e. The molecule has 0 bridgehead atoms. The second-order valence-corrected chi connectivity index (χ2v) is 3.73. The number of phenols is 1. The van der Waals surface area contributed by atoms with Crippen molar-refractivity contribution in [1.82, 2.24) is 0 Å². The van der Waals surface area contributed by atoms with E-state index >= 15 is 0 Å². The van der Waals surface area contributed by atoms with E-state index < -0.39 is 23.4 Å². The number of rotatable bonds is 2. The van der Waals surface area contributed by atoms with Crippen LogP contribution in [-0.4, -0.2) is 11.1 Å². The van der Waals surface area contributed by atoms with Crippen LogP contribution >= 0.6 is 0 Å². The van der Waals surface area contributed by atoms with Gasteiger partial charge in [0.2, 0.25) is 0 Å². The first-order valence-corrected chi connectivity index (χ1v) is 5.37. The Hall–Kier alpha value is -2.63. The molecule has 19 heavy (non-hydrogen) atoms. The quantitative estimate of drug-likeness (QED) is 0.729. The van der Waals surface area contributed by atoms with Crippen LogP contribution in [0.3, 0.4) is 0 Å². The topological polar surface area (TPSA) is 61.4 Å². The number of amides is 2. The van der Waals surface area contributed by atoms with Gasteiger partial charge in [0.05, 0.1) is 0 Å².